The molecule has 2 aromatic heterocycles. The molecule has 1 atom stereocenters. The Kier molecular flexibility index (Phi) is 6.17. The second-order valence-corrected chi connectivity index (χ2v) is 7.15. The quantitative estimate of drug-likeness (QED) is 0.551. The molecule has 1 fully saturated rings. The lowest BCUT2D eigenvalue weighted by Gasteiger charge is -2.24. The molecule has 0 aliphatic carbocycles. The van der Waals surface area contributed by atoms with Crippen LogP contribution >= 0.6 is 15.9 Å². The van der Waals surface area contributed by atoms with Crippen molar-refractivity contribution >= 4 is 33.5 Å². The van der Waals surface area contributed by atoms with Gasteiger partial charge in [-0.15, -0.1) is 0 Å². The van der Waals surface area contributed by atoms with Crippen LogP contribution in [0.3, 0.4) is 0 Å². The summed E-state index contributed by atoms with van der Waals surface area (Å²) in [6.45, 7) is 1.44. The normalized spacial score (nSPS) is 17.8. The van der Waals surface area contributed by atoms with Gasteiger partial charge >= 0.3 is 12.4 Å². The maximum absolute atomic E-state index is 13.3. The number of halogens is 7. The maximum Gasteiger partial charge on any atom is 0.434 e. The van der Waals surface area contributed by atoms with Crippen LogP contribution in [0.2, 0.25) is 0 Å². The molecule has 158 valence electrons. The van der Waals surface area contributed by atoms with Crippen LogP contribution in [0, 0.1) is 0 Å². The number of aromatic nitrogens is 3. The number of hydrogen-bond acceptors (Lipinski definition) is 6. The van der Waals surface area contributed by atoms with Crippen molar-refractivity contribution in [3.8, 4) is 0 Å². The van der Waals surface area contributed by atoms with E-state index in [1.165, 1.54) is 0 Å². The van der Waals surface area contributed by atoms with Gasteiger partial charge in [-0.1, -0.05) is 0 Å². The maximum atomic E-state index is 13.3. The van der Waals surface area contributed by atoms with Gasteiger partial charge in [-0.25, -0.2) is 9.97 Å². The third kappa shape index (κ3) is 5.47. The molecule has 0 amide bonds. The number of pyridine rings is 1. The molecule has 0 aromatic carbocycles. The highest BCUT2D eigenvalue weighted by atomic mass is 79.9. The highest BCUT2D eigenvalue weighted by Gasteiger charge is 2.37. The number of rotatable bonds is 4. The van der Waals surface area contributed by atoms with E-state index < -0.39 is 35.2 Å². The van der Waals surface area contributed by atoms with Crippen molar-refractivity contribution < 1.29 is 26.3 Å². The first-order valence-corrected chi connectivity index (χ1v) is 9.25. The minimum Gasteiger partial charge on any atom is -0.350 e. The van der Waals surface area contributed by atoms with Crippen molar-refractivity contribution in [3.63, 3.8) is 0 Å². The molecule has 1 aliphatic rings. The molecular weight excluding hydrogens is 470 g/mol. The van der Waals surface area contributed by atoms with Crippen LogP contribution < -0.4 is 16.0 Å². The summed E-state index contributed by atoms with van der Waals surface area (Å²) in [5, 5.41) is 8.30. The predicted octanol–water partition coefficient (Wildman–Crippen LogP) is 4.58. The third-order valence-corrected chi connectivity index (χ3v) is 4.73. The Bertz CT molecular complexity index is 866. The van der Waals surface area contributed by atoms with E-state index in [0.717, 1.165) is 31.5 Å². The summed E-state index contributed by atoms with van der Waals surface area (Å²) in [5.74, 6) is -1.20. The molecule has 3 heterocycles. The van der Waals surface area contributed by atoms with E-state index in [1.807, 2.05) is 0 Å². The van der Waals surface area contributed by atoms with Gasteiger partial charge in [0.25, 0.3) is 0 Å². The predicted molar refractivity (Wildman–Crippen MR) is 96.8 cm³/mol. The lowest BCUT2D eigenvalue weighted by molar-refractivity contribution is -0.141. The van der Waals surface area contributed by atoms with Crippen molar-refractivity contribution in [2.75, 3.05) is 23.7 Å². The third-order valence-electron chi connectivity index (χ3n) is 4.09. The first-order chi connectivity index (χ1) is 13.5. The molecule has 0 spiro atoms. The first-order valence-electron chi connectivity index (χ1n) is 8.46. The molecule has 1 saturated heterocycles. The van der Waals surface area contributed by atoms with Gasteiger partial charge in [0.1, 0.15) is 17.2 Å². The second kappa shape index (κ2) is 8.30. The summed E-state index contributed by atoms with van der Waals surface area (Å²) in [7, 11) is 0. The number of alkyl halides is 6. The average Bonchev–Trinajstić information content (AvgIpc) is 2.62. The Morgan fingerprint density at radius 2 is 1.83 bits per heavy atom. The van der Waals surface area contributed by atoms with Crippen LogP contribution in [0.5, 0.6) is 0 Å². The SMILES string of the molecule is FC(F)(F)c1cnc(N[C@H]2CCCNC2)nc1Nc1ccc(Br)c(C(F)(F)F)n1. The summed E-state index contributed by atoms with van der Waals surface area (Å²) in [5.41, 5.74) is -2.49. The van der Waals surface area contributed by atoms with Gasteiger partial charge in [-0.3, -0.25) is 0 Å². The monoisotopic (exact) mass is 484 g/mol. The van der Waals surface area contributed by atoms with E-state index >= 15 is 0 Å². The Hall–Kier alpha value is -2.15. The van der Waals surface area contributed by atoms with Gasteiger partial charge in [0.2, 0.25) is 5.95 Å². The fourth-order valence-electron chi connectivity index (χ4n) is 2.74. The van der Waals surface area contributed by atoms with Crippen molar-refractivity contribution in [1.82, 2.24) is 20.3 Å². The molecule has 2 aromatic rings. The zero-order valence-electron chi connectivity index (χ0n) is 14.6. The average molecular weight is 485 g/mol. The van der Waals surface area contributed by atoms with Crippen LogP contribution in [-0.2, 0) is 12.4 Å². The lowest BCUT2D eigenvalue weighted by Crippen LogP contribution is -2.38. The highest BCUT2D eigenvalue weighted by molar-refractivity contribution is 9.10. The number of anilines is 3. The van der Waals surface area contributed by atoms with Crippen molar-refractivity contribution in [2.24, 2.45) is 0 Å². The molecule has 3 rings (SSSR count). The van der Waals surface area contributed by atoms with Gasteiger partial charge in [0.05, 0.1) is 0 Å². The Morgan fingerprint density at radius 1 is 1.07 bits per heavy atom. The van der Waals surface area contributed by atoms with Gasteiger partial charge in [-0.2, -0.15) is 31.3 Å². The smallest absolute Gasteiger partial charge is 0.350 e. The molecule has 1 aliphatic heterocycles. The summed E-state index contributed by atoms with van der Waals surface area (Å²) < 4.78 is 78.7. The van der Waals surface area contributed by atoms with E-state index in [1.54, 1.807) is 0 Å². The number of nitrogens with zero attached hydrogens (tertiary/aromatic N) is 3. The topological polar surface area (TPSA) is 74.8 Å². The summed E-state index contributed by atoms with van der Waals surface area (Å²) >= 11 is 2.73. The Morgan fingerprint density at radius 3 is 2.45 bits per heavy atom. The summed E-state index contributed by atoms with van der Waals surface area (Å²) in [6, 6.07) is 2.08. The lowest BCUT2D eigenvalue weighted by atomic mass is 10.1. The van der Waals surface area contributed by atoms with Gasteiger partial charge in [0, 0.05) is 23.3 Å². The van der Waals surface area contributed by atoms with Gasteiger partial charge in [0.15, 0.2) is 5.69 Å². The van der Waals surface area contributed by atoms with Crippen LogP contribution in [-0.4, -0.2) is 34.1 Å². The second-order valence-electron chi connectivity index (χ2n) is 6.29. The van der Waals surface area contributed by atoms with E-state index in [9.17, 15) is 26.3 Å². The van der Waals surface area contributed by atoms with E-state index in [2.05, 4.69) is 46.8 Å². The Labute approximate surface area is 169 Å². The standard InChI is InChI=1S/C16H15BrF6N6/c17-10-3-4-11(27-12(10)16(21,22)23)28-13-9(15(18,19)20)7-25-14(29-13)26-8-2-1-5-24-6-8/h3-4,7-8,24H,1-2,5-6H2,(H2,25,26,27,28,29)/t8-/m0/s1. The van der Waals surface area contributed by atoms with E-state index in [-0.39, 0.29) is 16.5 Å². The number of nitrogens with one attached hydrogen (secondary N) is 3. The molecule has 6 nitrogen and oxygen atoms in total. The van der Waals surface area contributed by atoms with Crippen molar-refractivity contribution in [1.29, 1.82) is 0 Å². The number of hydrogen-bond donors (Lipinski definition) is 3. The largest absolute Gasteiger partial charge is 0.434 e. The van der Waals surface area contributed by atoms with Crippen molar-refractivity contribution in [3.05, 3.63) is 34.1 Å². The van der Waals surface area contributed by atoms with Crippen LogP contribution in [0.1, 0.15) is 24.1 Å². The minimum absolute atomic E-state index is 0.0673. The fourth-order valence-corrected chi connectivity index (χ4v) is 3.19. The first kappa shape index (κ1) is 21.6. The molecule has 3 N–H and O–H groups in total. The van der Waals surface area contributed by atoms with Gasteiger partial charge < -0.3 is 16.0 Å². The molecule has 0 unspecified atom stereocenters. The molecule has 29 heavy (non-hydrogen) atoms. The van der Waals surface area contributed by atoms with Crippen LogP contribution in [0.15, 0.2) is 22.8 Å². The molecule has 13 heteroatoms. The van der Waals surface area contributed by atoms with Crippen molar-refractivity contribution in [2.45, 2.75) is 31.2 Å². The summed E-state index contributed by atoms with van der Waals surface area (Å²) in [4.78, 5) is 10.9. The molecule has 0 bridgehead atoms. The molecular formula is C16H15BrF6N6. The number of piperidine rings is 1. The zero-order valence-corrected chi connectivity index (χ0v) is 16.2. The van der Waals surface area contributed by atoms with E-state index in [0.29, 0.717) is 12.7 Å². The minimum atomic E-state index is -4.81. The molecule has 0 radical (unpaired) electrons. The molecule has 0 saturated carbocycles. The van der Waals surface area contributed by atoms with E-state index in [4.69, 9.17) is 0 Å². The summed E-state index contributed by atoms with van der Waals surface area (Å²) in [6.07, 6.45) is -7.35. The van der Waals surface area contributed by atoms with Gasteiger partial charge in [-0.05, 0) is 47.4 Å². The van der Waals surface area contributed by atoms with Crippen LogP contribution in [0.4, 0.5) is 43.9 Å². The van der Waals surface area contributed by atoms with Crippen LogP contribution in [0.25, 0.3) is 0 Å². The fraction of sp³-hybridized carbons (Fsp3) is 0.438. The zero-order chi connectivity index (χ0) is 21.2. The Balaban J connectivity index is 1.92. The highest BCUT2D eigenvalue weighted by Crippen LogP contribution is 2.37.